The average molecular weight is 224 g/mol. The number of hydrogen-bond donors (Lipinski definition) is 1. The van der Waals surface area contributed by atoms with Crippen molar-refractivity contribution in [3.05, 3.63) is 0 Å². The molecule has 1 aliphatic heterocycles. The topological polar surface area (TPSA) is 15.3 Å². The highest BCUT2D eigenvalue weighted by Gasteiger charge is 2.20. The number of piperidine rings is 1. The number of nitrogens with zero attached hydrogens (tertiary/aromatic N) is 1. The molecule has 0 unspecified atom stereocenters. The van der Waals surface area contributed by atoms with Crippen molar-refractivity contribution in [2.75, 3.05) is 26.2 Å². The molecule has 0 bridgehead atoms. The van der Waals surface area contributed by atoms with Crippen molar-refractivity contribution < 1.29 is 0 Å². The van der Waals surface area contributed by atoms with E-state index in [1.165, 1.54) is 71.1 Å². The predicted octanol–water partition coefficient (Wildman–Crippen LogP) is 2.64. The largest absolute Gasteiger partial charge is 0.314 e. The van der Waals surface area contributed by atoms with Gasteiger partial charge in [0.25, 0.3) is 0 Å². The lowest BCUT2D eigenvalue weighted by molar-refractivity contribution is 0.194. The first-order valence-electron chi connectivity index (χ1n) is 7.34. The third kappa shape index (κ3) is 3.74. The molecule has 0 aromatic rings. The Morgan fingerprint density at radius 2 is 1.88 bits per heavy atom. The van der Waals surface area contributed by atoms with Gasteiger partial charge in [0.05, 0.1) is 0 Å². The number of rotatable bonds is 6. The Morgan fingerprint density at radius 1 is 1.12 bits per heavy atom. The third-order valence-electron chi connectivity index (χ3n) is 4.34. The zero-order chi connectivity index (χ0) is 11.2. The molecule has 0 atom stereocenters. The Morgan fingerprint density at radius 3 is 2.44 bits per heavy atom. The molecule has 1 N–H and O–H groups in total. The normalized spacial score (nSPS) is 24.6. The highest BCUT2D eigenvalue weighted by molar-refractivity contribution is 4.78. The van der Waals surface area contributed by atoms with E-state index >= 15 is 0 Å². The molecule has 0 aromatic heterocycles. The maximum atomic E-state index is 3.76. The van der Waals surface area contributed by atoms with Gasteiger partial charge in [-0.1, -0.05) is 26.2 Å². The van der Waals surface area contributed by atoms with Gasteiger partial charge in [0, 0.05) is 6.04 Å². The van der Waals surface area contributed by atoms with Crippen LogP contribution in [-0.4, -0.2) is 37.1 Å². The first-order chi connectivity index (χ1) is 7.88. The maximum absolute atomic E-state index is 3.76. The minimum absolute atomic E-state index is 0.813. The molecule has 2 heteroatoms. The molecular weight excluding hydrogens is 196 g/mol. The van der Waals surface area contributed by atoms with Crippen molar-refractivity contribution in [1.82, 2.24) is 10.2 Å². The lowest BCUT2D eigenvalue weighted by atomic mass is 9.83. The van der Waals surface area contributed by atoms with E-state index in [1.54, 1.807) is 0 Å². The van der Waals surface area contributed by atoms with Crippen molar-refractivity contribution in [2.24, 2.45) is 5.92 Å². The van der Waals surface area contributed by atoms with Crippen LogP contribution in [0.2, 0.25) is 0 Å². The molecule has 1 saturated carbocycles. The molecule has 2 fully saturated rings. The lowest BCUT2D eigenvalue weighted by Crippen LogP contribution is -2.43. The Kier molecular flexibility index (Phi) is 5.11. The average Bonchev–Trinajstić information content (AvgIpc) is 2.24. The highest BCUT2D eigenvalue weighted by atomic mass is 15.1. The van der Waals surface area contributed by atoms with Crippen LogP contribution in [0.15, 0.2) is 0 Å². The summed E-state index contributed by atoms with van der Waals surface area (Å²) in [7, 11) is 0. The Hall–Kier alpha value is -0.0800. The van der Waals surface area contributed by atoms with Gasteiger partial charge in [-0.3, -0.25) is 0 Å². The quantitative estimate of drug-likeness (QED) is 0.746. The van der Waals surface area contributed by atoms with Gasteiger partial charge >= 0.3 is 0 Å². The summed E-state index contributed by atoms with van der Waals surface area (Å²) in [6, 6.07) is 0.813. The van der Waals surface area contributed by atoms with Crippen LogP contribution in [-0.2, 0) is 0 Å². The van der Waals surface area contributed by atoms with Crippen molar-refractivity contribution in [1.29, 1.82) is 0 Å². The van der Waals surface area contributed by atoms with Gasteiger partial charge in [0.15, 0.2) is 0 Å². The molecule has 2 aliphatic rings. The minimum atomic E-state index is 0.813. The molecule has 0 radical (unpaired) electrons. The number of nitrogens with one attached hydrogen (secondary N) is 1. The molecule has 0 spiro atoms. The molecule has 16 heavy (non-hydrogen) atoms. The summed E-state index contributed by atoms with van der Waals surface area (Å²) < 4.78 is 0. The van der Waals surface area contributed by atoms with Crippen LogP contribution in [0.5, 0.6) is 0 Å². The van der Waals surface area contributed by atoms with Crippen molar-refractivity contribution >= 4 is 0 Å². The first-order valence-corrected chi connectivity index (χ1v) is 7.34. The number of likely N-dealkylation sites (tertiary alicyclic amines) is 1. The molecule has 94 valence electrons. The molecule has 2 nitrogen and oxygen atoms in total. The Labute approximate surface area is 101 Å². The van der Waals surface area contributed by atoms with E-state index in [2.05, 4.69) is 17.1 Å². The summed E-state index contributed by atoms with van der Waals surface area (Å²) in [6.45, 7) is 7.48. The van der Waals surface area contributed by atoms with Crippen molar-refractivity contribution in [3.63, 3.8) is 0 Å². The summed E-state index contributed by atoms with van der Waals surface area (Å²) in [6.07, 6.45) is 9.94. The summed E-state index contributed by atoms with van der Waals surface area (Å²) in [4.78, 5) is 2.62. The Bertz CT molecular complexity index is 181. The molecule has 2 rings (SSSR count). The van der Waals surface area contributed by atoms with E-state index in [0.717, 1.165) is 12.0 Å². The van der Waals surface area contributed by atoms with Crippen LogP contribution in [0.25, 0.3) is 0 Å². The van der Waals surface area contributed by atoms with Gasteiger partial charge < -0.3 is 10.2 Å². The van der Waals surface area contributed by atoms with Crippen LogP contribution in [0, 0.1) is 5.92 Å². The van der Waals surface area contributed by atoms with Crippen LogP contribution in [0.1, 0.15) is 51.9 Å². The smallest absolute Gasteiger partial charge is 0.00914 e. The predicted molar refractivity (Wildman–Crippen MR) is 69.7 cm³/mol. The second-order valence-corrected chi connectivity index (χ2v) is 5.66. The van der Waals surface area contributed by atoms with E-state index in [-0.39, 0.29) is 0 Å². The van der Waals surface area contributed by atoms with Crippen LogP contribution < -0.4 is 5.32 Å². The van der Waals surface area contributed by atoms with Crippen LogP contribution in [0.4, 0.5) is 0 Å². The minimum Gasteiger partial charge on any atom is -0.314 e. The number of hydrogen-bond acceptors (Lipinski definition) is 2. The zero-order valence-electron chi connectivity index (χ0n) is 10.9. The van der Waals surface area contributed by atoms with Crippen LogP contribution in [0.3, 0.4) is 0 Å². The molecule has 1 saturated heterocycles. The molecular formula is C14H28N2. The summed E-state index contributed by atoms with van der Waals surface area (Å²) in [5.41, 5.74) is 0. The van der Waals surface area contributed by atoms with Gasteiger partial charge in [0.2, 0.25) is 0 Å². The van der Waals surface area contributed by atoms with Gasteiger partial charge in [-0.25, -0.2) is 0 Å². The van der Waals surface area contributed by atoms with Crippen LogP contribution >= 0.6 is 0 Å². The fraction of sp³-hybridized carbons (Fsp3) is 1.00. The zero-order valence-corrected chi connectivity index (χ0v) is 10.9. The molecule has 0 amide bonds. The fourth-order valence-corrected chi connectivity index (χ4v) is 2.95. The summed E-state index contributed by atoms with van der Waals surface area (Å²) in [5.74, 6) is 1.06. The third-order valence-corrected chi connectivity index (χ3v) is 4.34. The highest BCUT2D eigenvalue weighted by Crippen LogP contribution is 2.28. The molecule has 0 aromatic carbocycles. The van der Waals surface area contributed by atoms with Gasteiger partial charge in [-0.15, -0.1) is 0 Å². The summed E-state index contributed by atoms with van der Waals surface area (Å²) in [5, 5.41) is 3.76. The van der Waals surface area contributed by atoms with E-state index in [0.29, 0.717) is 0 Å². The summed E-state index contributed by atoms with van der Waals surface area (Å²) >= 11 is 0. The second kappa shape index (κ2) is 6.61. The maximum Gasteiger partial charge on any atom is 0.00914 e. The Balaban J connectivity index is 1.51. The van der Waals surface area contributed by atoms with Gasteiger partial charge in [-0.05, 0) is 57.8 Å². The first kappa shape index (κ1) is 12.4. The lowest BCUT2D eigenvalue weighted by Gasteiger charge is -2.33. The van der Waals surface area contributed by atoms with E-state index in [1.807, 2.05) is 0 Å². The molecule has 1 heterocycles. The van der Waals surface area contributed by atoms with E-state index < -0.39 is 0 Å². The van der Waals surface area contributed by atoms with E-state index in [4.69, 9.17) is 0 Å². The standard InChI is InChI=1S/C14H28N2/c1-2-10-16-11-7-14(8-12-16)15-9-6-13-4-3-5-13/h13-15H,2-12H2,1H3. The fourth-order valence-electron chi connectivity index (χ4n) is 2.95. The van der Waals surface area contributed by atoms with Crippen molar-refractivity contribution in [2.45, 2.75) is 57.9 Å². The van der Waals surface area contributed by atoms with Gasteiger partial charge in [0.1, 0.15) is 0 Å². The monoisotopic (exact) mass is 224 g/mol. The second-order valence-electron chi connectivity index (χ2n) is 5.66. The van der Waals surface area contributed by atoms with Gasteiger partial charge in [-0.2, -0.15) is 0 Å². The molecule has 1 aliphatic carbocycles. The van der Waals surface area contributed by atoms with Crippen molar-refractivity contribution in [3.8, 4) is 0 Å². The SMILES string of the molecule is CCCN1CCC(NCCC2CCC2)CC1. The van der Waals surface area contributed by atoms with E-state index in [9.17, 15) is 0 Å².